The van der Waals surface area contributed by atoms with Gasteiger partial charge >= 0.3 is 0 Å². The number of nitrogens with zero attached hydrogens (tertiary/aromatic N) is 4. The normalized spacial score (nSPS) is 14.9. The molecule has 0 radical (unpaired) electrons. The van der Waals surface area contributed by atoms with Gasteiger partial charge < -0.3 is 5.73 Å². The van der Waals surface area contributed by atoms with E-state index in [1.165, 1.54) is 17.7 Å². The SMILES string of the molecule is NCc1nnc2cc3c(nn12)CCC3. The highest BCUT2D eigenvalue weighted by Crippen LogP contribution is 2.20. The lowest BCUT2D eigenvalue weighted by molar-refractivity contribution is 0.780. The van der Waals surface area contributed by atoms with Crippen LogP contribution in [0.1, 0.15) is 23.5 Å². The van der Waals surface area contributed by atoms with E-state index < -0.39 is 0 Å². The van der Waals surface area contributed by atoms with Crippen molar-refractivity contribution < 1.29 is 0 Å². The number of hydrogen-bond donors (Lipinski definition) is 1. The van der Waals surface area contributed by atoms with Gasteiger partial charge in [0.25, 0.3) is 0 Å². The van der Waals surface area contributed by atoms with Gasteiger partial charge in [0.15, 0.2) is 11.5 Å². The highest BCUT2D eigenvalue weighted by atomic mass is 15.4. The molecule has 0 aromatic carbocycles. The molecule has 2 aromatic rings. The molecule has 2 aromatic heterocycles. The van der Waals surface area contributed by atoms with E-state index in [-0.39, 0.29) is 0 Å². The van der Waals surface area contributed by atoms with E-state index in [0.29, 0.717) is 6.54 Å². The number of aryl methyl sites for hydroxylation is 2. The number of fused-ring (bicyclic) bond motifs is 2. The van der Waals surface area contributed by atoms with E-state index in [2.05, 4.69) is 21.4 Å². The van der Waals surface area contributed by atoms with E-state index in [0.717, 1.165) is 24.3 Å². The van der Waals surface area contributed by atoms with E-state index in [1.54, 1.807) is 4.52 Å². The molecule has 1 aliphatic carbocycles. The lowest BCUT2D eigenvalue weighted by atomic mass is 10.2. The Hall–Kier alpha value is -1.49. The summed E-state index contributed by atoms with van der Waals surface area (Å²) in [6.45, 7) is 0.382. The summed E-state index contributed by atoms with van der Waals surface area (Å²) < 4.78 is 1.75. The van der Waals surface area contributed by atoms with Gasteiger partial charge in [-0.15, -0.1) is 10.2 Å². The topological polar surface area (TPSA) is 69.1 Å². The van der Waals surface area contributed by atoms with Gasteiger partial charge in [-0.2, -0.15) is 9.61 Å². The highest BCUT2D eigenvalue weighted by Gasteiger charge is 2.15. The van der Waals surface area contributed by atoms with Crippen molar-refractivity contribution >= 4 is 5.65 Å². The molecule has 2 heterocycles. The zero-order valence-electron chi connectivity index (χ0n) is 7.77. The molecule has 0 saturated carbocycles. The van der Waals surface area contributed by atoms with Gasteiger partial charge in [0.05, 0.1) is 12.2 Å². The van der Waals surface area contributed by atoms with Crippen LogP contribution in [0, 0.1) is 0 Å². The van der Waals surface area contributed by atoms with Crippen LogP contribution in [-0.4, -0.2) is 19.8 Å². The van der Waals surface area contributed by atoms with Gasteiger partial charge in [0, 0.05) is 0 Å². The first-order valence-corrected chi connectivity index (χ1v) is 4.81. The average Bonchev–Trinajstić information content (AvgIpc) is 2.78. The fourth-order valence-electron chi connectivity index (χ4n) is 1.95. The van der Waals surface area contributed by atoms with Crippen molar-refractivity contribution in [3.63, 3.8) is 0 Å². The minimum absolute atomic E-state index is 0.382. The quantitative estimate of drug-likeness (QED) is 0.689. The molecule has 72 valence electrons. The Bertz CT molecular complexity index is 487. The van der Waals surface area contributed by atoms with Crippen LogP contribution in [-0.2, 0) is 19.4 Å². The number of hydrogen-bond acceptors (Lipinski definition) is 4. The van der Waals surface area contributed by atoms with Gasteiger partial charge in [0.1, 0.15) is 0 Å². The summed E-state index contributed by atoms with van der Waals surface area (Å²) in [5, 5.41) is 12.5. The maximum atomic E-state index is 5.54. The van der Waals surface area contributed by atoms with Crippen molar-refractivity contribution in [2.45, 2.75) is 25.8 Å². The molecule has 3 rings (SSSR count). The Morgan fingerprint density at radius 1 is 1.36 bits per heavy atom. The van der Waals surface area contributed by atoms with Crippen LogP contribution in [0.15, 0.2) is 6.07 Å². The molecule has 5 heteroatoms. The van der Waals surface area contributed by atoms with Crippen LogP contribution in [0.4, 0.5) is 0 Å². The van der Waals surface area contributed by atoms with Crippen molar-refractivity contribution in [1.82, 2.24) is 19.8 Å². The zero-order chi connectivity index (χ0) is 9.54. The minimum atomic E-state index is 0.382. The largest absolute Gasteiger partial charge is 0.324 e. The predicted octanol–water partition coefficient (Wildman–Crippen LogP) is 0.0717. The summed E-state index contributed by atoms with van der Waals surface area (Å²) in [6, 6.07) is 2.07. The lowest BCUT2D eigenvalue weighted by Gasteiger charge is -1.99. The molecule has 14 heavy (non-hydrogen) atoms. The van der Waals surface area contributed by atoms with Gasteiger partial charge in [-0.3, -0.25) is 0 Å². The molecule has 0 spiro atoms. The van der Waals surface area contributed by atoms with Gasteiger partial charge in [0.2, 0.25) is 0 Å². The molecule has 0 aliphatic heterocycles. The molecule has 0 fully saturated rings. The molecule has 0 atom stereocenters. The van der Waals surface area contributed by atoms with Crippen LogP contribution in [0.5, 0.6) is 0 Å². The fraction of sp³-hybridized carbons (Fsp3) is 0.444. The van der Waals surface area contributed by atoms with Crippen molar-refractivity contribution in [3.8, 4) is 0 Å². The van der Waals surface area contributed by atoms with Crippen molar-refractivity contribution in [2.75, 3.05) is 0 Å². The lowest BCUT2D eigenvalue weighted by Crippen LogP contribution is -2.06. The third-order valence-corrected chi connectivity index (χ3v) is 2.67. The fourth-order valence-corrected chi connectivity index (χ4v) is 1.95. The van der Waals surface area contributed by atoms with Crippen molar-refractivity contribution in [1.29, 1.82) is 0 Å². The minimum Gasteiger partial charge on any atom is -0.324 e. The van der Waals surface area contributed by atoms with E-state index in [1.807, 2.05) is 0 Å². The first kappa shape index (κ1) is 7.87. The number of nitrogens with two attached hydrogens (primary N) is 1. The Balaban J connectivity index is 2.30. The Labute approximate surface area is 80.9 Å². The number of aromatic nitrogens is 4. The molecule has 2 N–H and O–H groups in total. The van der Waals surface area contributed by atoms with Crippen LogP contribution < -0.4 is 5.73 Å². The molecule has 0 unspecified atom stereocenters. The molecule has 0 bridgehead atoms. The standard InChI is InChI=1S/C9H11N5/c10-5-9-12-11-8-4-6-2-1-3-7(6)13-14(8)9/h4H,1-3,5,10H2. The van der Waals surface area contributed by atoms with Gasteiger partial charge in [-0.05, 0) is 30.9 Å². The number of rotatable bonds is 1. The Kier molecular flexibility index (Phi) is 1.55. The summed E-state index contributed by atoms with van der Waals surface area (Å²) in [7, 11) is 0. The first-order valence-electron chi connectivity index (χ1n) is 4.81. The monoisotopic (exact) mass is 189 g/mol. The summed E-state index contributed by atoms with van der Waals surface area (Å²) in [6.07, 6.45) is 3.37. The first-order chi connectivity index (χ1) is 6.88. The molecule has 0 saturated heterocycles. The summed E-state index contributed by atoms with van der Waals surface area (Å²) in [5.74, 6) is 0.731. The van der Waals surface area contributed by atoms with E-state index in [9.17, 15) is 0 Å². The second-order valence-electron chi connectivity index (χ2n) is 3.56. The highest BCUT2D eigenvalue weighted by molar-refractivity contribution is 5.42. The third-order valence-electron chi connectivity index (χ3n) is 2.67. The van der Waals surface area contributed by atoms with Crippen LogP contribution in [0.3, 0.4) is 0 Å². The summed E-state index contributed by atoms with van der Waals surface area (Å²) >= 11 is 0. The molecular formula is C9H11N5. The average molecular weight is 189 g/mol. The second kappa shape index (κ2) is 2.75. The Morgan fingerprint density at radius 3 is 3.14 bits per heavy atom. The van der Waals surface area contributed by atoms with Gasteiger partial charge in [-0.25, -0.2) is 0 Å². The van der Waals surface area contributed by atoms with Crippen LogP contribution in [0.2, 0.25) is 0 Å². The molecule has 5 nitrogen and oxygen atoms in total. The van der Waals surface area contributed by atoms with E-state index >= 15 is 0 Å². The maximum Gasteiger partial charge on any atom is 0.178 e. The molecule has 1 aliphatic rings. The maximum absolute atomic E-state index is 5.54. The van der Waals surface area contributed by atoms with E-state index in [4.69, 9.17) is 5.73 Å². The van der Waals surface area contributed by atoms with Crippen LogP contribution >= 0.6 is 0 Å². The summed E-state index contributed by atoms with van der Waals surface area (Å²) in [5.41, 5.74) is 8.84. The third kappa shape index (κ3) is 0.957. The molecule has 0 amide bonds. The van der Waals surface area contributed by atoms with Crippen LogP contribution in [0.25, 0.3) is 5.65 Å². The smallest absolute Gasteiger partial charge is 0.178 e. The summed E-state index contributed by atoms with van der Waals surface area (Å²) in [4.78, 5) is 0. The van der Waals surface area contributed by atoms with Crippen molar-refractivity contribution in [2.24, 2.45) is 5.73 Å². The zero-order valence-corrected chi connectivity index (χ0v) is 7.77. The van der Waals surface area contributed by atoms with Crippen molar-refractivity contribution in [3.05, 3.63) is 23.1 Å². The Morgan fingerprint density at radius 2 is 2.29 bits per heavy atom. The second-order valence-corrected chi connectivity index (χ2v) is 3.56. The molecular weight excluding hydrogens is 178 g/mol. The van der Waals surface area contributed by atoms with Gasteiger partial charge in [-0.1, -0.05) is 0 Å². The predicted molar refractivity (Wildman–Crippen MR) is 50.7 cm³/mol.